The van der Waals surface area contributed by atoms with Gasteiger partial charge in [0.05, 0.1) is 11.8 Å². The monoisotopic (exact) mass is 224 g/mol. The van der Waals surface area contributed by atoms with Crippen LogP contribution in [0.3, 0.4) is 0 Å². The zero-order chi connectivity index (χ0) is 10.5. The lowest BCUT2D eigenvalue weighted by atomic mass is 10.3. The Bertz CT molecular complexity index is 313. The molecule has 0 amide bonds. The summed E-state index contributed by atoms with van der Waals surface area (Å²) in [4.78, 5) is 4.26. The molecule has 0 aliphatic carbocycles. The number of pyridine rings is 1. The van der Waals surface area contributed by atoms with Crippen molar-refractivity contribution in [2.24, 2.45) is 0 Å². The normalized spacial score (nSPS) is 20.7. The summed E-state index contributed by atoms with van der Waals surface area (Å²) in [5, 5.41) is 0. The fraction of sp³-hybridized carbons (Fsp3) is 0.545. The van der Waals surface area contributed by atoms with E-state index >= 15 is 0 Å². The molecule has 15 heavy (non-hydrogen) atoms. The van der Waals surface area contributed by atoms with Crippen molar-refractivity contribution in [1.82, 2.24) is 4.98 Å². The topological polar surface area (TPSA) is 48.1 Å². The first-order valence-electron chi connectivity index (χ1n) is 5.24. The summed E-state index contributed by atoms with van der Waals surface area (Å²) >= 11 is 1.87. The lowest BCUT2D eigenvalue weighted by Crippen LogP contribution is -2.08. The van der Waals surface area contributed by atoms with Crippen LogP contribution in [0.4, 0.5) is 5.69 Å². The minimum atomic E-state index is 0.455. The third kappa shape index (κ3) is 3.39. The first-order valence-corrected chi connectivity index (χ1v) is 6.40. The molecule has 0 saturated carbocycles. The van der Waals surface area contributed by atoms with E-state index < -0.39 is 0 Å². The van der Waals surface area contributed by atoms with Crippen LogP contribution < -0.4 is 5.73 Å². The standard InChI is InChI=1S/C11H16N2OS/c12-9-3-4-13-10(6-9)7-15-8-11-2-1-5-14-11/h3-4,6,11H,1-2,5,7-8H2,(H2,12,13). The minimum Gasteiger partial charge on any atom is -0.399 e. The fourth-order valence-corrected chi connectivity index (χ4v) is 2.66. The number of aromatic nitrogens is 1. The summed E-state index contributed by atoms with van der Waals surface area (Å²) in [6.07, 6.45) is 4.63. The summed E-state index contributed by atoms with van der Waals surface area (Å²) in [5.41, 5.74) is 7.52. The van der Waals surface area contributed by atoms with Gasteiger partial charge in [-0.05, 0) is 25.0 Å². The summed E-state index contributed by atoms with van der Waals surface area (Å²) in [5.74, 6) is 1.99. The molecule has 1 saturated heterocycles. The number of nitrogen functional groups attached to an aromatic ring is 1. The third-order valence-electron chi connectivity index (χ3n) is 2.42. The Morgan fingerprint density at radius 1 is 1.60 bits per heavy atom. The van der Waals surface area contributed by atoms with Gasteiger partial charge in [-0.1, -0.05) is 0 Å². The van der Waals surface area contributed by atoms with E-state index in [2.05, 4.69) is 4.98 Å². The van der Waals surface area contributed by atoms with Crippen LogP contribution in [0.25, 0.3) is 0 Å². The highest BCUT2D eigenvalue weighted by Gasteiger charge is 2.14. The zero-order valence-electron chi connectivity index (χ0n) is 8.69. The SMILES string of the molecule is Nc1ccnc(CSCC2CCCO2)c1. The van der Waals surface area contributed by atoms with Crippen LogP contribution in [0.2, 0.25) is 0 Å². The predicted octanol–water partition coefficient (Wildman–Crippen LogP) is 2.08. The van der Waals surface area contributed by atoms with Crippen LogP contribution in [0, 0.1) is 0 Å². The lowest BCUT2D eigenvalue weighted by molar-refractivity contribution is 0.129. The summed E-state index contributed by atoms with van der Waals surface area (Å²) in [7, 11) is 0. The van der Waals surface area contributed by atoms with Gasteiger partial charge in [-0.3, -0.25) is 4.98 Å². The molecule has 2 N–H and O–H groups in total. The average molecular weight is 224 g/mol. The van der Waals surface area contributed by atoms with E-state index in [1.54, 1.807) is 6.20 Å². The number of nitrogens with two attached hydrogens (primary N) is 1. The van der Waals surface area contributed by atoms with Crippen molar-refractivity contribution < 1.29 is 4.74 Å². The maximum absolute atomic E-state index is 5.68. The summed E-state index contributed by atoms with van der Waals surface area (Å²) in [6.45, 7) is 0.932. The van der Waals surface area contributed by atoms with Gasteiger partial charge in [-0.25, -0.2) is 0 Å². The first kappa shape index (κ1) is 10.8. The number of rotatable bonds is 4. The Morgan fingerprint density at radius 3 is 3.27 bits per heavy atom. The van der Waals surface area contributed by atoms with Crippen LogP contribution in [0.15, 0.2) is 18.3 Å². The number of hydrogen-bond donors (Lipinski definition) is 1. The maximum Gasteiger partial charge on any atom is 0.0666 e. The Morgan fingerprint density at radius 2 is 2.53 bits per heavy atom. The lowest BCUT2D eigenvalue weighted by Gasteiger charge is -2.08. The maximum atomic E-state index is 5.68. The molecule has 4 heteroatoms. The molecule has 1 aromatic heterocycles. The molecule has 0 spiro atoms. The molecule has 2 heterocycles. The Labute approximate surface area is 94.4 Å². The smallest absolute Gasteiger partial charge is 0.0666 e. The molecule has 1 unspecified atom stereocenters. The van der Waals surface area contributed by atoms with E-state index in [-0.39, 0.29) is 0 Å². The van der Waals surface area contributed by atoms with Crippen molar-refractivity contribution in [2.75, 3.05) is 18.1 Å². The molecule has 0 bridgehead atoms. The molecule has 1 aliphatic rings. The highest BCUT2D eigenvalue weighted by molar-refractivity contribution is 7.98. The van der Waals surface area contributed by atoms with E-state index in [0.29, 0.717) is 6.10 Å². The molecule has 2 rings (SSSR count). The fourth-order valence-electron chi connectivity index (χ4n) is 1.65. The largest absolute Gasteiger partial charge is 0.399 e. The van der Waals surface area contributed by atoms with Crippen molar-refractivity contribution in [1.29, 1.82) is 0 Å². The molecule has 1 atom stereocenters. The van der Waals surface area contributed by atoms with Crippen molar-refractivity contribution >= 4 is 17.4 Å². The van der Waals surface area contributed by atoms with Gasteiger partial charge in [-0.15, -0.1) is 0 Å². The van der Waals surface area contributed by atoms with Gasteiger partial charge in [0.25, 0.3) is 0 Å². The van der Waals surface area contributed by atoms with Crippen molar-refractivity contribution in [3.05, 3.63) is 24.0 Å². The second-order valence-corrected chi connectivity index (χ2v) is 4.76. The quantitative estimate of drug-likeness (QED) is 0.850. The Hall–Kier alpha value is -0.740. The van der Waals surface area contributed by atoms with Crippen LogP contribution in [-0.4, -0.2) is 23.4 Å². The zero-order valence-corrected chi connectivity index (χ0v) is 9.50. The summed E-state index contributed by atoms with van der Waals surface area (Å²) < 4.78 is 5.55. The molecular weight excluding hydrogens is 208 g/mol. The second-order valence-electron chi connectivity index (χ2n) is 3.73. The van der Waals surface area contributed by atoms with Crippen molar-refractivity contribution in [3.63, 3.8) is 0 Å². The predicted molar refractivity (Wildman–Crippen MR) is 63.8 cm³/mol. The van der Waals surface area contributed by atoms with Crippen molar-refractivity contribution in [3.8, 4) is 0 Å². The van der Waals surface area contributed by atoms with Gasteiger partial charge in [0.2, 0.25) is 0 Å². The van der Waals surface area contributed by atoms with E-state index in [1.165, 1.54) is 12.8 Å². The molecule has 0 radical (unpaired) electrons. The molecule has 82 valence electrons. The van der Waals surface area contributed by atoms with Crippen LogP contribution in [0.1, 0.15) is 18.5 Å². The number of anilines is 1. The highest BCUT2D eigenvalue weighted by atomic mass is 32.2. The van der Waals surface area contributed by atoms with Gasteiger partial charge in [0.15, 0.2) is 0 Å². The summed E-state index contributed by atoms with van der Waals surface area (Å²) in [6, 6.07) is 3.75. The van der Waals surface area contributed by atoms with Gasteiger partial charge in [0, 0.05) is 30.0 Å². The molecule has 1 aliphatic heterocycles. The molecular formula is C11H16N2OS. The second kappa shape index (κ2) is 5.37. The van der Waals surface area contributed by atoms with E-state index in [0.717, 1.165) is 29.5 Å². The minimum absolute atomic E-state index is 0.455. The molecule has 0 aromatic carbocycles. The molecule has 1 fully saturated rings. The van der Waals surface area contributed by atoms with E-state index in [9.17, 15) is 0 Å². The first-order chi connectivity index (χ1) is 7.34. The number of hydrogen-bond acceptors (Lipinski definition) is 4. The third-order valence-corrected chi connectivity index (χ3v) is 3.53. The van der Waals surface area contributed by atoms with Crippen LogP contribution >= 0.6 is 11.8 Å². The van der Waals surface area contributed by atoms with Crippen LogP contribution in [0.5, 0.6) is 0 Å². The van der Waals surface area contributed by atoms with Crippen LogP contribution in [-0.2, 0) is 10.5 Å². The Balaban J connectivity index is 1.73. The molecule has 1 aromatic rings. The van der Waals surface area contributed by atoms with Gasteiger partial charge < -0.3 is 10.5 Å². The molecule has 3 nitrogen and oxygen atoms in total. The average Bonchev–Trinajstić information content (AvgIpc) is 2.71. The van der Waals surface area contributed by atoms with E-state index in [1.807, 2.05) is 23.9 Å². The van der Waals surface area contributed by atoms with Gasteiger partial charge >= 0.3 is 0 Å². The van der Waals surface area contributed by atoms with E-state index in [4.69, 9.17) is 10.5 Å². The highest BCUT2D eigenvalue weighted by Crippen LogP contribution is 2.19. The van der Waals surface area contributed by atoms with Gasteiger partial charge in [0.1, 0.15) is 0 Å². The Kier molecular flexibility index (Phi) is 3.86. The number of ether oxygens (including phenoxy) is 1. The number of thioether (sulfide) groups is 1. The van der Waals surface area contributed by atoms with Gasteiger partial charge in [-0.2, -0.15) is 11.8 Å². The number of nitrogens with zero attached hydrogens (tertiary/aromatic N) is 1. The van der Waals surface area contributed by atoms with Crippen molar-refractivity contribution in [2.45, 2.75) is 24.7 Å².